The Morgan fingerprint density at radius 1 is 1.25 bits per heavy atom. The number of H-pyrrole nitrogens is 1. The maximum atomic E-state index is 6.07. The van der Waals surface area contributed by atoms with Gasteiger partial charge in [0, 0.05) is 53.5 Å². The zero-order valence-electron chi connectivity index (χ0n) is 13.3. The van der Waals surface area contributed by atoms with E-state index in [-0.39, 0.29) is 0 Å². The van der Waals surface area contributed by atoms with Gasteiger partial charge in [0.05, 0.1) is 0 Å². The molecule has 0 saturated carbocycles. The second kappa shape index (κ2) is 7.84. The molecule has 2 heterocycles. The molecule has 24 heavy (non-hydrogen) atoms. The van der Waals surface area contributed by atoms with Crippen LogP contribution in [0.3, 0.4) is 0 Å². The Kier molecular flexibility index (Phi) is 5.33. The number of aliphatic imine (C=N–C) groups is 1. The molecule has 2 aromatic heterocycles. The number of aromatic amines is 1. The lowest BCUT2D eigenvalue weighted by Crippen LogP contribution is -2.33. The summed E-state index contributed by atoms with van der Waals surface area (Å²) >= 11 is 6.07. The van der Waals surface area contributed by atoms with Gasteiger partial charge in [-0.1, -0.05) is 17.7 Å². The number of hydrogen-bond acceptors (Lipinski definition) is 2. The molecule has 6 heteroatoms. The van der Waals surface area contributed by atoms with E-state index < -0.39 is 0 Å². The van der Waals surface area contributed by atoms with Crippen LogP contribution in [-0.4, -0.2) is 29.0 Å². The quantitative estimate of drug-likeness (QED) is 0.476. The Morgan fingerprint density at radius 3 is 3.00 bits per heavy atom. The first-order valence-electron chi connectivity index (χ1n) is 7.91. The van der Waals surface area contributed by atoms with E-state index in [2.05, 4.69) is 20.3 Å². The first-order chi connectivity index (χ1) is 11.7. The lowest BCUT2D eigenvalue weighted by molar-refractivity contribution is 0.842. The molecule has 4 N–H and O–H groups in total. The molecule has 5 nitrogen and oxygen atoms in total. The van der Waals surface area contributed by atoms with Crippen LogP contribution >= 0.6 is 11.6 Å². The lowest BCUT2D eigenvalue weighted by atomic mass is 10.1. The highest BCUT2D eigenvalue weighted by molar-refractivity contribution is 6.31. The maximum absolute atomic E-state index is 6.07. The van der Waals surface area contributed by atoms with Gasteiger partial charge in [-0.3, -0.25) is 9.98 Å². The van der Waals surface area contributed by atoms with Crippen molar-refractivity contribution in [2.75, 3.05) is 13.1 Å². The third kappa shape index (κ3) is 4.26. The van der Waals surface area contributed by atoms with Gasteiger partial charge in [-0.15, -0.1) is 0 Å². The fourth-order valence-corrected chi connectivity index (χ4v) is 2.75. The van der Waals surface area contributed by atoms with E-state index in [0.29, 0.717) is 12.5 Å². The molecule has 3 rings (SSSR count). The smallest absolute Gasteiger partial charge is 0.188 e. The van der Waals surface area contributed by atoms with Crippen molar-refractivity contribution in [3.8, 4) is 0 Å². The van der Waals surface area contributed by atoms with Crippen LogP contribution in [0.2, 0.25) is 5.02 Å². The highest BCUT2D eigenvalue weighted by Gasteiger charge is 2.04. The monoisotopic (exact) mass is 341 g/mol. The molecule has 1 aromatic carbocycles. The highest BCUT2D eigenvalue weighted by Crippen LogP contribution is 2.22. The number of fused-ring (bicyclic) bond motifs is 1. The number of halogens is 1. The fraction of sp³-hybridized carbons (Fsp3) is 0.222. The number of guanidine groups is 1. The fourth-order valence-electron chi connectivity index (χ4n) is 2.58. The number of hydrogen-bond donors (Lipinski definition) is 3. The first-order valence-corrected chi connectivity index (χ1v) is 8.29. The van der Waals surface area contributed by atoms with Gasteiger partial charge in [0.15, 0.2) is 5.96 Å². The van der Waals surface area contributed by atoms with Crippen LogP contribution in [-0.2, 0) is 12.8 Å². The van der Waals surface area contributed by atoms with Gasteiger partial charge in [-0.05, 0) is 42.3 Å². The Hall–Kier alpha value is -2.53. The van der Waals surface area contributed by atoms with Crippen LogP contribution in [0.15, 0.2) is 53.8 Å². The van der Waals surface area contributed by atoms with Gasteiger partial charge in [-0.25, -0.2) is 0 Å². The number of nitrogens with two attached hydrogens (primary N) is 1. The third-order valence-electron chi connectivity index (χ3n) is 3.81. The Morgan fingerprint density at radius 2 is 2.17 bits per heavy atom. The van der Waals surface area contributed by atoms with Crippen LogP contribution in [0.4, 0.5) is 0 Å². The van der Waals surface area contributed by atoms with Crippen molar-refractivity contribution >= 4 is 28.5 Å². The van der Waals surface area contributed by atoms with Crippen molar-refractivity contribution in [2.45, 2.75) is 12.8 Å². The van der Waals surface area contributed by atoms with Crippen molar-refractivity contribution < 1.29 is 0 Å². The number of nitrogens with zero attached hydrogens (tertiary/aromatic N) is 2. The molecule has 0 spiro atoms. The Labute approximate surface area is 146 Å². The molecule has 124 valence electrons. The molecule has 0 fully saturated rings. The summed E-state index contributed by atoms with van der Waals surface area (Å²) in [7, 11) is 0. The van der Waals surface area contributed by atoms with E-state index in [1.54, 1.807) is 6.20 Å². The second-order valence-electron chi connectivity index (χ2n) is 5.52. The predicted octanol–water partition coefficient (Wildman–Crippen LogP) is 2.91. The minimum atomic E-state index is 0.462. The largest absolute Gasteiger partial charge is 0.370 e. The lowest BCUT2D eigenvalue weighted by Gasteiger charge is -2.05. The van der Waals surface area contributed by atoms with Gasteiger partial charge >= 0.3 is 0 Å². The van der Waals surface area contributed by atoms with Crippen LogP contribution in [0.1, 0.15) is 11.3 Å². The molecule has 0 aliphatic rings. The number of pyridine rings is 1. The SMILES string of the molecule is NC(=NCCc1ccccn1)NCCc1c[nH]c2ccc(Cl)cc12. The van der Waals surface area contributed by atoms with Crippen LogP contribution in [0.5, 0.6) is 0 Å². The summed E-state index contributed by atoms with van der Waals surface area (Å²) in [4.78, 5) is 11.8. The normalized spacial score (nSPS) is 11.8. The van der Waals surface area contributed by atoms with E-state index in [1.807, 2.05) is 42.6 Å². The molecule has 0 amide bonds. The standard InChI is InChI=1S/C18H20ClN5/c19-14-4-5-17-16(11-14)13(12-24-17)6-9-22-18(20)23-10-7-15-3-1-2-8-21-15/h1-5,8,11-12,24H,6-7,9-10H2,(H3,20,22,23). The second-order valence-corrected chi connectivity index (χ2v) is 5.96. The number of rotatable bonds is 6. The summed E-state index contributed by atoms with van der Waals surface area (Å²) < 4.78 is 0. The van der Waals surface area contributed by atoms with Crippen molar-refractivity contribution in [1.29, 1.82) is 0 Å². The molecule has 0 aliphatic heterocycles. The molecule has 0 unspecified atom stereocenters. The van der Waals surface area contributed by atoms with E-state index in [1.165, 1.54) is 5.56 Å². The zero-order valence-corrected chi connectivity index (χ0v) is 14.1. The van der Waals surface area contributed by atoms with Gasteiger partial charge in [0.1, 0.15) is 0 Å². The van der Waals surface area contributed by atoms with Crippen molar-refractivity contribution in [2.24, 2.45) is 10.7 Å². The average molecular weight is 342 g/mol. The molecule has 0 atom stereocenters. The molecular formula is C18H20ClN5. The molecule has 0 saturated heterocycles. The van der Waals surface area contributed by atoms with E-state index in [4.69, 9.17) is 17.3 Å². The summed E-state index contributed by atoms with van der Waals surface area (Å²) in [5.41, 5.74) is 9.22. The number of benzene rings is 1. The summed E-state index contributed by atoms with van der Waals surface area (Å²) in [6.45, 7) is 1.34. The zero-order chi connectivity index (χ0) is 16.8. The van der Waals surface area contributed by atoms with Gasteiger partial charge < -0.3 is 16.0 Å². The predicted molar refractivity (Wildman–Crippen MR) is 99.4 cm³/mol. The van der Waals surface area contributed by atoms with Crippen LogP contribution in [0.25, 0.3) is 10.9 Å². The third-order valence-corrected chi connectivity index (χ3v) is 4.04. The minimum Gasteiger partial charge on any atom is -0.370 e. The van der Waals surface area contributed by atoms with Crippen molar-refractivity contribution in [3.63, 3.8) is 0 Å². The summed E-state index contributed by atoms with van der Waals surface area (Å²) in [6.07, 6.45) is 5.42. The molecule has 0 aliphatic carbocycles. The van der Waals surface area contributed by atoms with E-state index in [0.717, 1.165) is 41.0 Å². The summed E-state index contributed by atoms with van der Waals surface area (Å²) in [5.74, 6) is 0.462. The van der Waals surface area contributed by atoms with E-state index in [9.17, 15) is 0 Å². The summed E-state index contributed by atoms with van der Waals surface area (Å²) in [6, 6.07) is 11.7. The topological polar surface area (TPSA) is 79.1 Å². The van der Waals surface area contributed by atoms with Gasteiger partial charge in [0.25, 0.3) is 0 Å². The first kappa shape index (κ1) is 16.3. The number of aromatic nitrogens is 2. The molecule has 0 bridgehead atoms. The minimum absolute atomic E-state index is 0.462. The van der Waals surface area contributed by atoms with Gasteiger partial charge in [-0.2, -0.15) is 0 Å². The number of nitrogens with one attached hydrogen (secondary N) is 2. The van der Waals surface area contributed by atoms with Crippen LogP contribution in [0, 0.1) is 0 Å². The van der Waals surface area contributed by atoms with Crippen LogP contribution < -0.4 is 11.1 Å². The van der Waals surface area contributed by atoms with Gasteiger partial charge in [0.2, 0.25) is 0 Å². The average Bonchev–Trinajstić information content (AvgIpc) is 2.98. The highest BCUT2D eigenvalue weighted by atomic mass is 35.5. The Balaban J connectivity index is 1.48. The maximum Gasteiger partial charge on any atom is 0.188 e. The van der Waals surface area contributed by atoms with Crippen molar-refractivity contribution in [3.05, 3.63) is 65.1 Å². The molecule has 3 aromatic rings. The summed E-state index contributed by atoms with van der Waals surface area (Å²) in [5, 5.41) is 5.04. The molecule has 0 radical (unpaired) electrons. The van der Waals surface area contributed by atoms with E-state index >= 15 is 0 Å². The van der Waals surface area contributed by atoms with Crippen molar-refractivity contribution in [1.82, 2.24) is 15.3 Å². The molecular weight excluding hydrogens is 322 g/mol. The Bertz CT molecular complexity index is 826.